The third-order valence-electron chi connectivity index (χ3n) is 6.52. The van der Waals surface area contributed by atoms with Crippen molar-refractivity contribution in [3.63, 3.8) is 0 Å². The highest BCUT2D eigenvalue weighted by Gasteiger charge is 2.31. The number of hydrogen-bond acceptors (Lipinski definition) is 4. The zero-order valence-corrected chi connectivity index (χ0v) is 25.7. The fourth-order valence-electron chi connectivity index (χ4n) is 4.40. The Hall–Kier alpha value is -3.21. The maximum atomic E-state index is 13.9. The third-order valence-corrected chi connectivity index (χ3v) is 8.30. The van der Waals surface area contributed by atoms with Crippen molar-refractivity contribution in [2.75, 3.05) is 23.7 Å². The van der Waals surface area contributed by atoms with Gasteiger partial charge in [-0.25, -0.2) is 17.2 Å². The Morgan fingerprint density at radius 2 is 1.69 bits per heavy atom. The van der Waals surface area contributed by atoms with Gasteiger partial charge in [0, 0.05) is 48.6 Å². The predicted octanol–water partition coefficient (Wildman–Crippen LogP) is 5.98. The van der Waals surface area contributed by atoms with E-state index in [9.17, 15) is 26.8 Å². The molecule has 0 aliphatic rings. The number of hydrogen-bond donors (Lipinski definition) is 1. The Morgan fingerprint density at radius 1 is 0.976 bits per heavy atom. The molecule has 0 saturated heterocycles. The van der Waals surface area contributed by atoms with Gasteiger partial charge in [-0.1, -0.05) is 66.5 Å². The quantitative estimate of drug-likeness (QED) is 0.235. The van der Waals surface area contributed by atoms with Crippen molar-refractivity contribution in [1.82, 2.24) is 10.2 Å². The number of halogens is 4. The summed E-state index contributed by atoms with van der Waals surface area (Å²) in [5, 5.41) is 3.63. The number of sulfonamides is 1. The average Bonchev–Trinajstić information content (AvgIpc) is 2.94. The van der Waals surface area contributed by atoms with Crippen LogP contribution < -0.4 is 9.62 Å². The van der Waals surface area contributed by atoms with Crippen molar-refractivity contribution in [3.05, 3.63) is 99.5 Å². The van der Waals surface area contributed by atoms with E-state index in [1.807, 2.05) is 37.3 Å². The zero-order chi connectivity index (χ0) is 30.9. The maximum Gasteiger partial charge on any atom is 0.243 e. The maximum absolute atomic E-state index is 13.9. The van der Waals surface area contributed by atoms with Crippen LogP contribution >= 0.6 is 23.2 Å². The van der Waals surface area contributed by atoms with Crippen LogP contribution in [0.1, 0.15) is 37.3 Å². The number of carbonyl (C=O) groups is 2. The second-order valence-electron chi connectivity index (χ2n) is 9.79. The van der Waals surface area contributed by atoms with Crippen LogP contribution in [0, 0.1) is 11.6 Å². The molecule has 3 aromatic rings. The first kappa shape index (κ1) is 33.3. The highest BCUT2D eigenvalue weighted by atomic mass is 35.5. The topological polar surface area (TPSA) is 86.8 Å². The summed E-state index contributed by atoms with van der Waals surface area (Å²) in [5.41, 5.74) is 1.36. The number of nitrogens with one attached hydrogen (secondary N) is 1. The molecule has 0 radical (unpaired) electrons. The zero-order valence-electron chi connectivity index (χ0n) is 23.3. The SMILES string of the molecule is CCCNC(=O)[C@@H](Cc1ccccc1)N(Cc1ccc(Cl)cc1Cl)C(=O)CCCN(c1ccc(F)c(F)c1)S(C)(=O)=O. The standard InChI is InChI=1S/C30H33Cl2F2N3O4S/c1-3-15-35-30(39)28(17-21-8-5-4-6-9-21)36(20-22-11-12-23(31)18-25(22)32)29(38)10-7-16-37(42(2,40)41)24-13-14-26(33)27(34)19-24/h4-6,8-9,11-14,18-19,28H,3,7,10,15-17,20H2,1-2H3,(H,35,39)/t28-/m1/s1. The molecule has 3 aromatic carbocycles. The van der Waals surface area contributed by atoms with E-state index >= 15 is 0 Å². The van der Waals surface area contributed by atoms with Crippen molar-refractivity contribution in [2.24, 2.45) is 0 Å². The van der Waals surface area contributed by atoms with Crippen molar-refractivity contribution in [2.45, 2.75) is 45.2 Å². The fraction of sp³-hybridized carbons (Fsp3) is 0.333. The van der Waals surface area contributed by atoms with E-state index in [4.69, 9.17) is 23.2 Å². The molecule has 0 aromatic heterocycles. The van der Waals surface area contributed by atoms with Gasteiger partial charge in [-0.3, -0.25) is 13.9 Å². The van der Waals surface area contributed by atoms with E-state index in [2.05, 4.69) is 5.32 Å². The predicted molar refractivity (Wildman–Crippen MR) is 162 cm³/mol. The van der Waals surface area contributed by atoms with Crippen LogP contribution in [0.3, 0.4) is 0 Å². The molecule has 12 heteroatoms. The Kier molecular flexibility index (Phi) is 12.1. The number of rotatable bonds is 14. The molecule has 3 rings (SSSR count). The van der Waals surface area contributed by atoms with Crippen LogP contribution in [-0.2, 0) is 32.6 Å². The van der Waals surface area contributed by atoms with E-state index in [0.29, 0.717) is 28.6 Å². The van der Waals surface area contributed by atoms with Crippen molar-refractivity contribution in [3.8, 4) is 0 Å². The smallest absolute Gasteiger partial charge is 0.243 e. The van der Waals surface area contributed by atoms with Gasteiger partial charge in [0.15, 0.2) is 11.6 Å². The number of anilines is 1. The van der Waals surface area contributed by atoms with E-state index in [1.165, 1.54) is 4.90 Å². The summed E-state index contributed by atoms with van der Waals surface area (Å²) in [6, 6.07) is 16.0. The molecule has 0 unspecified atom stereocenters. The van der Waals surface area contributed by atoms with Gasteiger partial charge in [0.05, 0.1) is 11.9 Å². The van der Waals surface area contributed by atoms with E-state index in [-0.39, 0.29) is 43.9 Å². The minimum Gasteiger partial charge on any atom is -0.354 e. The van der Waals surface area contributed by atoms with Gasteiger partial charge in [-0.15, -0.1) is 0 Å². The number of carbonyl (C=O) groups excluding carboxylic acids is 2. The molecule has 0 saturated carbocycles. The number of nitrogens with zero attached hydrogens (tertiary/aromatic N) is 2. The largest absolute Gasteiger partial charge is 0.354 e. The van der Waals surface area contributed by atoms with Crippen LogP contribution in [0.25, 0.3) is 0 Å². The van der Waals surface area contributed by atoms with E-state index in [0.717, 1.165) is 34.3 Å². The highest BCUT2D eigenvalue weighted by Crippen LogP contribution is 2.25. The molecule has 1 atom stereocenters. The molecular weight excluding hydrogens is 607 g/mol. The van der Waals surface area contributed by atoms with Crippen molar-refractivity contribution >= 4 is 50.7 Å². The molecular formula is C30H33Cl2F2N3O4S. The summed E-state index contributed by atoms with van der Waals surface area (Å²) in [6.45, 7) is 2.18. The molecule has 2 amide bonds. The minimum atomic E-state index is -3.88. The van der Waals surface area contributed by atoms with Gasteiger partial charge in [0.2, 0.25) is 21.8 Å². The molecule has 226 valence electrons. The first-order valence-electron chi connectivity index (χ1n) is 13.4. The fourth-order valence-corrected chi connectivity index (χ4v) is 5.82. The molecule has 0 fully saturated rings. The lowest BCUT2D eigenvalue weighted by atomic mass is 10.0. The first-order chi connectivity index (χ1) is 19.9. The Labute approximate surface area is 255 Å². The van der Waals surface area contributed by atoms with Gasteiger partial charge in [-0.05, 0) is 48.2 Å². The molecule has 0 spiro atoms. The summed E-state index contributed by atoms with van der Waals surface area (Å²) in [4.78, 5) is 28.7. The van der Waals surface area contributed by atoms with Crippen LogP contribution in [0.2, 0.25) is 10.0 Å². The van der Waals surface area contributed by atoms with Gasteiger partial charge in [0.25, 0.3) is 0 Å². The second-order valence-corrected chi connectivity index (χ2v) is 12.5. The summed E-state index contributed by atoms with van der Waals surface area (Å²) in [5.74, 6) is -3.04. The number of amides is 2. The van der Waals surface area contributed by atoms with Gasteiger partial charge in [-0.2, -0.15) is 0 Å². The third kappa shape index (κ3) is 9.40. The van der Waals surface area contributed by atoms with Gasteiger partial charge in [0.1, 0.15) is 6.04 Å². The summed E-state index contributed by atoms with van der Waals surface area (Å²) >= 11 is 12.5. The van der Waals surface area contributed by atoms with Crippen LogP contribution in [0.5, 0.6) is 0 Å². The Morgan fingerprint density at radius 3 is 2.31 bits per heavy atom. The lowest BCUT2D eigenvalue weighted by molar-refractivity contribution is -0.141. The van der Waals surface area contributed by atoms with E-state index in [1.54, 1.807) is 18.2 Å². The van der Waals surface area contributed by atoms with Gasteiger partial charge >= 0.3 is 0 Å². The molecule has 0 aliphatic heterocycles. The average molecular weight is 641 g/mol. The highest BCUT2D eigenvalue weighted by molar-refractivity contribution is 7.92. The molecule has 1 N–H and O–H groups in total. The molecule has 0 heterocycles. The Balaban J connectivity index is 1.90. The first-order valence-corrected chi connectivity index (χ1v) is 16.0. The summed E-state index contributed by atoms with van der Waals surface area (Å²) in [7, 11) is -3.88. The van der Waals surface area contributed by atoms with Crippen LogP contribution in [0.4, 0.5) is 14.5 Å². The van der Waals surface area contributed by atoms with E-state index < -0.39 is 33.6 Å². The summed E-state index contributed by atoms with van der Waals surface area (Å²) < 4.78 is 53.2. The lowest BCUT2D eigenvalue weighted by Gasteiger charge is -2.32. The molecule has 7 nitrogen and oxygen atoms in total. The Bertz CT molecular complexity index is 1490. The van der Waals surface area contributed by atoms with Crippen molar-refractivity contribution < 1.29 is 26.8 Å². The summed E-state index contributed by atoms with van der Waals surface area (Å²) in [6.07, 6.45) is 1.79. The van der Waals surface area contributed by atoms with Gasteiger partial charge < -0.3 is 10.2 Å². The van der Waals surface area contributed by atoms with Crippen molar-refractivity contribution in [1.29, 1.82) is 0 Å². The molecule has 42 heavy (non-hydrogen) atoms. The molecule has 0 aliphatic carbocycles. The second kappa shape index (κ2) is 15.3. The molecule has 0 bridgehead atoms. The minimum absolute atomic E-state index is 0.00481. The van der Waals surface area contributed by atoms with Crippen LogP contribution in [-0.4, -0.2) is 50.5 Å². The van der Waals surface area contributed by atoms with Crippen LogP contribution in [0.15, 0.2) is 66.7 Å². The normalized spacial score (nSPS) is 12.0. The lowest BCUT2D eigenvalue weighted by Crippen LogP contribution is -2.50. The number of benzene rings is 3. The monoisotopic (exact) mass is 639 g/mol.